The van der Waals surface area contributed by atoms with E-state index in [4.69, 9.17) is 18.9 Å². The van der Waals surface area contributed by atoms with E-state index in [2.05, 4.69) is 0 Å². The lowest BCUT2D eigenvalue weighted by molar-refractivity contribution is -0.141. The van der Waals surface area contributed by atoms with Gasteiger partial charge in [0.05, 0.1) is 6.61 Å². The lowest BCUT2D eigenvalue weighted by atomic mass is 10.3. The van der Waals surface area contributed by atoms with E-state index in [1.165, 1.54) is 0 Å². The second-order valence-corrected chi connectivity index (χ2v) is 5.65. The van der Waals surface area contributed by atoms with E-state index in [0.717, 1.165) is 17.2 Å². The van der Waals surface area contributed by atoms with Gasteiger partial charge in [-0.1, -0.05) is 18.2 Å². The molecule has 1 fully saturated rings. The van der Waals surface area contributed by atoms with Crippen LogP contribution in [0.2, 0.25) is 0 Å². The molecular weight excluding hydrogens is 280 g/mol. The van der Waals surface area contributed by atoms with E-state index in [1.54, 1.807) is 0 Å². The molecule has 1 heterocycles. The number of rotatable bonds is 5. The molecule has 0 N–H and O–H groups in total. The van der Waals surface area contributed by atoms with Gasteiger partial charge in [-0.25, -0.2) is 0 Å². The summed E-state index contributed by atoms with van der Waals surface area (Å²) in [6.07, 6.45) is -0.0322. The van der Waals surface area contributed by atoms with Gasteiger partial charge in [0.1, 0.15) is 30.0 Å². The zero-order chi connectivity index (χ0) is 15.4. The van der Waals surface area contributed by atoms with Crippen LogP contribution in [0.15, 0.2) is 54.6 Å². The van der Waals surface area contributed by atoms with Gasteiger partial charge in [-0.05, 0) is 50.2 Å². The second-order valence-electron chi connectivity index (χ2n) is 5.65. The molecule has 116 valence electrons. The van der Waals surface area contributed by atoms with E-state index in [9.17, 15) is 0 Å². The van der Waals surface area contributed by atoms with Gasteiger partial charge in [0.15, 0.2) is 5.79 Å². The summed E-state index contributed by atoms with van der Waals surface area (Å²) < 4.78 is 22.7. The number of hydrogen-bond donors (Lipinski definition) is 0. The van der Waals surface area contributed by atoms with Crippen molar-refractivity contribution in [1.82, 2.24) is 0 Å². The first-order chi connectivity index (χ1) is 10.6. The average molecular weight is 300 g/mol. The molecule has 0 aromatic heterocycles. The van der Waals surface area contributed by atoms with Gasteiger partial charge in [0.2, 0.25) is 0 Å². The molecule has 0 unspecified atom stereocenters. The van der Waals surface area contributed by atoms with E-state index in [-0.39, 0.29) is 6.10 Å². The summed E-state index contributed by atoms with van der Waals surface area (Å²) in [5.74, 6) is 1.87. The van der Waals surface area contributed by atoms with E-state index in [1.807, 2.05) is 68.4 Å². The molecule has 0 aliphatic carbocycles. The van der Waals surface area contributed by atoms with Crippen LogP contribution in [0.25, 0.3) is 0 Å². The van der Waals surface area contributed by atoms with Crippen molar-refractivity contribution < 1.29 is 18.9 Å². The van der Waals surface area contributed by atoms with Crippen molar-refractivity contribution >= 4 is 0 Å². The summed E-state index contributed by atoms with van der Waals surface area (Å²) >= 11 is 0. The summed E-state index contributed by atoms with van der Waals surface area (Å²) in [4.78, 5) is 0. The normalized spacial score (nSPS) is 19.8. The summed E-state index contributed by atoms with van der Waals surface area (Å²) in [7, 11) is 0. The Labute approximate surface area is 130 Å². The molecule has 0 radical (unpaired) electrons. The molecule has 3 rings (SSSR count). The lowest BCUT2D eigenvalue weighted by Gasteiger charge is -2.17. The summed E-state index contributed by atoms with van der Waals surface area (Å²) in [6.45, 7) is 4.84. The minimum atomic E-state index is -0.512. The van der Waals surface area contributed by atoms with E-state index < -0.39 is 5.79 Å². The number of benzene rings is 2. The van der Waals surface area contributed by atoms with Crippen LogP contribution in [-0.2, 0) is 9.47 Å². The SMILES string of the molecule is CC1(C)OC[C@H](COc2ccc(Oc3ccccc3)cc2)O1. The van der Waals surface area contributed by atoms with Crippen molar-refractivity contribution in [3.8, 4) is 17.2 Å². The summed E-state index contributed by atoms with van der Waals surface area (Å²) in [6, 6.07) is 17.2. The highest BCUT2D eigenvalue weighted by Crippen LogP contribution is 2.25. The molecule has 1 aliphatic heterocycles. The smallest absolute Gasteiger partial charge is 0.163 e. The molecule has 2 aromatic rings. The molecule has 0 bridgehead atoms. The molecule has 0 amide bonds. The maximum Gasteiger partial charge on any atom is 0.163 e. The lowest BCUT2D eigenvalue weighted by Crippen LogP contribution is -2.25. The van der Waals surface area contributed by atoms with E-state index >= 15 is 0 Å². The van der Waals surface area contributed by atoms with Crippen molar-refractivity contribution in [1.29, 1.82) is 0 Å². The zero-order valence-electron chi connectivity index (χ0n) is 12.8. The Kier molecular flexibility index (Phi) is 4.32. The van der Waals surface area contributed by atoms with Gasteiger partial charge < -0.3 is 18.9 Å². The Morgan fingerprint density at radius 1 is 0.955 bits per heavy atom. The Hall–Kier alpha value is -2.04. The summed E-state index contributed by atoms with van der Waals surface area (Å²) in [5, 5.41) is 0. The highest BCUT2D eigenvalue weighted by Gasteiger charge is 2.32. The maximum atomic E-state index is 5.74. The van der Waals surface area contributed by atoms with Gasteiger partial charge in [-0.3, -0.25) is 0 Å². The van der Waals surface area contributed by atoms with Gasteiger partial charge in [-0.15, -0.1) is 0 Å². The monoisotopic (exact) mass is 300 g/mol. The zero-order valence-corrected chi connectivity index (χ0v) is 12.8. The Balaban J connectivity index is 1.51. The van der Waals surface area contributed by atoms with Gasteiger partial charge in [0, 0.05) is 0 Å². The van der Waals surface area contributed by atoms with Crippen molar-refractivity contribution in [2.45, 2.75) is 25.7 Å². The minimum Gasteiger partial charge on any atom is -0.491 e. The van der Waals surface area contributed by atoms with Crippen LogP contribution in [0.3, 0.4) is 0 Å². The number of para-hydroxylation sites is 1. The predicted octanol–water partition coefficient (Wildman–Crippen LogP) is 4.01. The predicted molar refractivity (Wildman–Crippen MR) is 83.4 cm³/mol. The standard InChI is InChI=1S/C18H20O4/c1-18(2)20-13-17(22-18)12-19-14-8-10-16(11-9-14)21-15-6-4-3-5-7-15/h3-11,17H,12-13H2,1-2H3/t17-/m0/s1. The van der Waals surface area contributed by atoms with Crippen LogP contribution in [0.5, 0.6) is 17.2 Å². The van der Waals surface area contributed by atoms with Crippen molar-refractivity contribution in [3.63, 3.8) is 0 Å². The molecule has 1 saturated heterocycles. The van der Waals surface area contributed by atoms with E-state index in [0.29, 0.717) is 13.2 Å². The molecule has 1 aliphatic rings. The molecule has 0 spiro atoms. The van der Waals surface area contributed by atoms with Crippen molar-refractivity contribution in [2.24, 2.45) is 0 Å². The summed E-state index contributed by atoms with van der Waals surface area (Å²) in [5.41, 5.74) is 0. The fraction of sp³-hybridized carbons (Fsp3) is 0.333. The third-order valence-electron chi connectivity index (χ3n) is 3.31. The molecule has 0 saturated carbocycles. The highest BCUT2D eigenvalue weighted by molar-refractivity contribution is 5.35. The van der Waals surface area contributed by atoms with Crippen LogP contribution < -0.4 is 9.47 Å². The molecule has 4 nitrogen and oxygen atoms in total. The van der Waals surface area contributed by atoms with Crippen LogP contribution in [-0.4, -0.2) is 25.1 Å². The van der Waals surface area contributed by atoms with Gasteiger partial charge in [-0.2, -0.15) is 0 Å². The first-order valence-corrected chi connectivity index (χ1v) is 7.38. The molecule has 4 heteroatoms. The molecule has 22 heavy (non-hydrogen) atoms. The van der Waals surface area contributed by atoms with Crippen LogP contribution in [0, 0.1) is 0 Å². The van der Waals surface area contributed by atoms with Gasteiger partial charge >= 0.3 is 0 Å². The Morgan fingerprint density at radius 3 is 2.23 bits per heavy atom. The number of ether oxygens (including phenoxy) is 4. The fourth-order valence-electron chi connectivity index (χ4n) is 2.26. The number of hydrogen-bond acceptors (Lipinski definition) is 4. The van der Waals surface area contributed by atoms with Crippen LogP contribution in [0.4, 0.5) is 0 Å². The molecular formula is C18H20O4. The van der Waals surface area contributed by atoms with Gasteiger partial charge in [0.25, 0.3) is 0 Å². The maximum absolute atomic E-state index is 5.74. The Bertz CT molecular complexity index is 592. The molecule has 1 atom stereocenters. The average Bonchev–Trinajstić information content (AvgIpc) is 2.87. The first kappa shape index (κ1) is 14.9. The largest absolute Gasteiger partial charge is 0.491 e. The first-order valence-electron chi connectivity index (χ1n) is 7.38. The van der Waals surface area contributed by atoms with Crippen molar-refractivity contribution in [3.05, 3.63) is 54.6 Å². The quantitative estimate of drug-likeness (QED) is 0.836. The third-order valence-corrected chi connectivity index (χ3v) is 3.31. The van der Waals surface area contributed by atoms with Crippen LogP contribution >= 0.6 is 0 Å². The molecule has 2 aromatic carbocycles. The fourth-order valence-corrected chi connectivity index (χ4v) is 2.26. The minimum absolute atomic E-state index is 0.0322. The second kappa shape index (κ2) is 6.38. The topological polar surface area (TPSA) is 36.9 Å². The third kappa shape index (κ3) is 4.00. The Morgan fingerprint density at radius 2 is 1.59 bits per heavy atom. The van der Waals surface area contributed by atoms with Crippen LogP contribution in [0.1, 0.15) is 13.8 Å². The van der Waals surface area contributed by atoms with Crippen molar-refractivity contribution in [2.75, 3.05) is 13.2 Å². The highest BCUT2D eigenvalue weighted by atomic mass is 16.7.